The number of nitrogens with one attached hydrogen (secondary N) is 1. The number of thiazole rings is 1. The predicted octanol–water partition coefficient (Wildman–Crippen LogP) is 1.91. The number of hydrogen-bond donors (Lipinski definition) is 1. The molecule has 114 valence electrons. The third-order valence-corrected chi connectivity index (χ3v) is 4.34. The molecular weight excluding hydrogens is 304 g/mol. The summed E-state index contributed by atoms with van der Waals surface area (Å²) in [4.78, 5) is 34.7. The van der Waals surface area contributed by atoms with Crippen molar-refractivity contribution in [2.75, 3.05) is 19.0 Å². The zero-order valence-electron chi connectivity index (χ0n) is 11.9. The van der Waals surface area contributed by atoms with Crippen LogP contribution in [0.3, 0.4) is 0 Å². The molecule has 3 rings (SSSR count). The van der Waals surface area contributed by atoms with E-state index in [0.717, 1.165) is 10.6 Å². The van der Waals surface area contributed by atoms with E-state index in [0.29, 0.717) is 30.2 Å². The summed E-state index contributed by atoms with van der Waals surface area (Å²) in [6, 6.07) is 3.41. The molecule has 0 spiro atoms. The number of hydrogen-bond acceptors (Lipinski definition) is 6. The molecule has 0 aliphatic carbocycles. The molecule has 22 heavy (non-hydrogen) atoms. The van der Waals surface area contributed by atoms with Crippen molar-refractivity contribution in [2.24, 2.45) is 0 Å². The number of amides is 2. The number of carbonyl (C=O) groups is 2. The van der Waals surface area contributed by atoms with E-state index in [4.69, 9.17) is 0 Å². The van der Waals surface area contributed by atoms with Crippen LogP contribution in [0, 0.1) is 0 Å². The minimum absolute atomic E-state index is 0.0241. The van der Waals surface area contributed by atoms with Gasteiger partial charge in [-0.25, -0.2) is 9.78 Å². The summed E-state index contributed by atoms with van der Waals surface area (Å²) in [5.74, 6) is -0.0241. The first-order valence-electron chi connectivity index (χ1n) is 6.70. The normalized spacial score (nSPS) is 13.4. The summed E-state index contributed by atoms with van der Waals surface area (Å²) in [6.45, 7) is 1.10. The minimum Gasteiger partial charge on any atom is -0.453 e. The maximum Gasteiger partial charge on any atom is 0.413 e. The SMILES string of the molecule is COC(=O)Nc1nc2c(s1)CN(C(=O)c1ccncc1)CC2. The summed E-state index contributed by atoms with van der Waals surface area (Å²) in [6.07, 6.45) is 3.34. The highest BCUT2D eigenvalue weighted by Gasteiger charge is 2.25. The van der Waals surface area contributed by atoms with Gasteiger partial charge >= 0.3 is 6.09 Å². The number of aromatic nitrogens is 2. The van der Waals surface area contributed by atoms with Crippen LogP contribution in [-0.2, 0) is 17.7 Å². The lowest BCUT2D eigenvalue weighted by Gasteiger charge is -2.26. The summed E-state index contributed by atoms with van der Waals surface area (Å²) in [7, 11) is 1.30. The topological polar surface area (TPSA) is 84.4 Å². The minimum atomic E-state index is -0.546. The average molecular weight is 318 g/mol. The van der Waals surface area contributed by atoms with Crippen LogP contribution in [0.1, 0.15) is 20.9 Å². The third-order valence-electron chi connectivity index (χ3n) is 3.34. The van der Waals surface area contributed by atoms with E-state index >= 15 is 0 Å². The molecule has 2 aromatic rings. The smallest absolute Gasteiger partial charge is 0.413 e. The number of pyridine rings is 1. The molecule has 0 bridgehead atoms. The van der Waals surface area contributed by atoms with Crippen molar-refractivity contribution in [3.8, 4) is 0 Å². The maximum atomic E-state index is 12.4. The fourth-order valence-electron chi connectivity index (χ4n) is 2.24. The second-order valence-corrected chi connectivity index (χ2v) is 5.80. The van der Waals surface area contributed by atoms with Crippen LogP contribution in [0.5, 0.6) is 0 Å². The molecule has 0 radical (unpaired) electrons. The van der Waals surface area contributed by atoms with Gasteiger partial charge in [0.05, 0.1) is 19.3 Å². The standard InChI is InChI=1S/C14H14N4O3S/c1-21-14(20)17-13-16-10-4-7-18(8-11(10)22-13)12(19)9-2-5-15-6-3-9/h2-3,5-6H,4,7-8H2,1H3,(H,16,17,20). The summed E-state index contributed by atoms with van der Waals surface area (Å²) >= 11 is 1.37. The Kier molecular flexibility index (Phi) is 4.01. The van der Waals surface area contributed by atoms with E-state index in [1.165, 1.54) is 18.4 Å². The van der Waals surface area contributed by atoms with Crippen LogP contribution in [0.15, 0.2) is 24.5 Å². The lowest BCUT2D eigenvalue weighted by Crippen LogP contribution is -2.35. The van der Waals surface area contributed by atoms with E-state index in [1.807, 2.05) is 0 Å². The molecule has 0 unspecified atom stereocenters. The van der Waals surface area contributed by atoms with Gasteiger partial charge in [-0.05, 0) is 12.1 Å². The Morgan fingerprint density at radius 1 is 1.36 bits per heavy atom. The molecule has 0 saturated carbocycles. The van der Waals surface area contributed by atoms with Gasteiger partial charge in [-0.15, -0.1) is 0 Å². The summed E-state index contributed by atoms with van der Waals surface area (Å²) < 4.78 is 4.55. The van der Waals surface area contributed by atoms with E-state index in [2.05, 4.69) is 20.0 Å². The van der Waals surface area contributed by atoms with Gasteiger partial charge < -0.3 is 9.64 Å². The van der Waals surface area contributed by atoms with Gasteiger partial charge in [-0.1, -0.05) is 11.3 Å². The molecule has 8 heteroatoms. The number of ether oxygens (including phenoxy) is 1. The van der Waals surface area contributed by atoms with Gasteiger partial charge in [0.2, 0.25) is 0 Å². The lowest BCUT2D eigenvalue weighted by molar-refractivity contribution is 0.0736. The molecule has 1 aliphatic rings. The number of rotatable bonds is 2. The summed E-state index contributed by atoms with van der Waals surface area (Å²) in [5, 5.41) is 3.05. The molecule has 0 atom stereocenters. The highest BCUT2D eigenvalue weighted by atomic mass is 32.1. The predicted molar refractivity (Wildman–Crippen MR) is 80.8 cm³/mol. The Labute approximate surface area is 130 Å². The van der Waals surface area contributed by atoms with Crippen molar-refractivity contribution in [3.63, 3.8) is 0 Å². The Hall–Kier alpha value is -2.48. The van der Waals surface area contributed by atoms with E-state index in [-0.39, 0.29) is 5.91 Å². The highest BCUT2D eigenvalue weighted by Crippen LogP contribution is 2.29. The van der Waals surface area contributed by atoms with Crippen molar-refractivity contribution in [2.45, 2.75) is 13.0 Å². The van der Waals surface area contributed by atoms with Crippen LogP contribution >= 0.6 is 11.3 Å². The molecule has 1 aliphatic heterocycles. The molecule has 0 saturated heterocycles. The quantitative estimate of drug-likeness (QED) is 0.914. The van der Waals surface area contributed by atoms with E-state index in [1.54, 1.807) is 29.4 Å². The Bertz CT molecular complexity index is 701. The van der Waals surface area contributed by atoms with Crippen molar-refractivity contribution in [1.82, 2.24) is 14.9 Å². The molecular formula is C14H14N4O3S. The fraction of sp³-hybridized carbons (Fsp3) is 0.286. The number of methoxy groups -OCH3 is 1. The van der Waals surface area contributed by atoms with Crippen LogP contribution in [-0.4, -0.2) is 40.5 Å². The zero-order valence-corrected chi connectivity index (χ0v) is 12.7. The second-order valence-electron chi connectivity index (χ2n) is 4.72. The van der Waals surface area contributed by atoms with E-state index < -0.39 is 6.09 Å². The van der Waals surface area contributed by atoms with Crippen molar-refractivity contribution in [3.05, 3.63) is 40.7 Å². The Morgan fingerprint density at radius 3 is 2.86 bits per heavy atom. The molecule has 2 amide bonds. The zero-order chi connectivity index (χ0) is 15.5. The first kappa shape index (κ1) is 14.5. The monoisotopic (exact) mass is 318 g/mol. The Morgan fingerprint density at radius 2 is 2.14 bits per heavy atom. The highest BCUT2D eigenvalue weighted by molar-refractivity contribution is 7.15. The number of anilines is 1. The maximum absolute atomic E-state index is 12.4. The van der Waals surface area contributed by atoms with Crippen molar-refractivity contribution < 1.29 is 14.3 Å². The molecule has 0 fully saturated rings. The first-order chi connectivity index (χ1) is 10.7. The van der Waals surface area contributed by atoms with Crippen molar-refractivity contribution >= 4 is 28.5 Å². The fourth-order valence-corrected chi connectivity index (χ4v) is 3.25. The average Bonchev–Trinajstić information content (AvgIpc) is 2.96. The van der Waals surface area contributed by atoms with Gasteiger partial charge in [0.1, 0.15) is 0 Å². The number of fused-ring (bicyclic) bond motifs is 1. The lowest BCUT2D eigenvalue weighted by atomic mass is 10.1. The molecule has 3 heterocycles. The summed E-state index contributed by atoms with van der Waals surface area (Å²) in [5.41, 5.74) is 1.55. The van der Waals surface area contributed by atoms with Crippen LogP contribution in [0.4, 0.5) is 9.93 Å². The molecule has 7 nitrogen and oxygen atoms in total. The van der Waals surface area contributed by atoms with Gasteiger partial charge in [-0.3, -0.25) is 15.1 Å². The second kappa shape index (κ2) is 6.10. The largest absolute Gasteiger partial charge is 0.453 e. The van der Waals surface area contributed by atoms with E-state index in [9.17, 15) is 9.59 Å². The molecule has 1 N–H and O–H groups in total. The van der Waals surface area contributed by atoms with Crippen LogP contribution in [0.2, 0.25) is 0 Å². The van der Waals surface area contributed by atoms with Gasteiger partial charge in [-0.2, -0.15) is 0 Å². The van der Waals surface area contributed by atoms with Gasteiger partial charge in [0, 0.05) is 35.8 Å². The van der Waals surface area contributed by atoms with Gasteiger partial charge in [0.15, 0.2) is 5.13 Å². The Balaban J connectivity index is 1.74. The van der Waals surface area contributed by atoms with Crippen LogP contribution in [0.25, 0.3) is 0 Å². The molecule has 2 aromatic heterocycles. The van der Waals surface area contributed by atoms with Crippen LogP contribution < -0.4 is 5.32 Å². The van der Waals surface area contributed by atoms with Gasteiger partial charge in [0.25, 0.3) is 5.91 Å². The number of carbonyl (C=O) groups excluding carboxylic acids is 2. The molecule has 0 aromatic carbocycles. The van der Waals surface area contributed by atoms with Crippen molar-refractivity contribution in [1.29, 1.82) is 0 Å². The first-order valence-corrected chi connectivity index (χ1v) is 7.52. The number of nitrogens with zero attached hydrogens (tertiary/aromatic N) is 3. The third kappa shape index (κ3) is 2.91.